The molecule has 2 rings (SSSR count). The Balaban J connectivity index is 1.80. The van der Waals surface area contributed by atoms with Crippen LogP contribution in [0.4, 0.5) is 0 Å². The van der Waals surface area contributed by atoms with Gasteiger partial charge in [0.2, 0.25) is 5.91 Å². The highest BCUT2D eigenvalue weighted by Gasteiger charge is 2.34. The van der Waals surface area contributed by atoms with E-state index in [4.69, 9.17) is 9.84 Å². The lowest BCUT2D eigenvalue weighted by atomic mass is 9.81. The van der Waals surface area contributed by atoms with Crippen molar-refractivity contribution >= 4 is 11.9 Å². The minimum Gasteiger partial charge on any atom is -0.481 e. The van der Waals surface area contributed by atoms with Crippen LogP contribution in [0.5, 0.6) is 0 Å². The normalized spacial score (nSPS) is 35.0. The summed E-state index contributed by atoms with van der Waals surface area (Å²) in [5, 5.41) is 12.0. The molecular weight excluding hydrogens is 246 g/mol. The summed E-state index contributed by atoms with van der Waals surface area (Å²) in [4.78, 5) is 23.1. The molecule has 0 bridgehead atoms. The number of hydrogen-bond acceptors (Lipinski definition) is 3. The SMILES string of the molecule is C[C@]1(CNC(=O)[C@H]2CCC[C@H](C(=O)O)C2)CCCO1. The Morgan fingerprint density at radius 2 is 2.05 bits per heavy atom. The second kappa shape index (κ2) is 5.90. The van der Waals surface area contributed by atoms with Gasteiger partial charge in [-0.1, -0.05) is 6.42 Å². The molecule has 0 radical (unpaired) electrons. The van der Waals surface area contributed by atoms with Crippen LogP contribution in [0.2, 0.25) is 0 Å². The van der Waals surface area contributed by atoms with Gasteiger partial charge in [0.05, 0.1) is 11.5 Å². The van der Waals surface area contributed by atoms with Crippen LogP contribution < -0.4 is 5.32 Å². The fraction of sp³-hybridized carbons (Fsp3) is 0.857. The van der Waals surface area contributed by atoms with Crippen LogP contribution in [-0.2, 0) is 14.3 Å². The number of ether oxygens (including phenoxy) is 1. The summed E-state index contributed by atoms with van der Waals surface area (Å²) < 4.78 is 5.63. The second-order valence-electron chi connectivity index (χ2n) is 6.02. The van der Waals surface area contributed by atoms with Gasteiger partial charge in [0.15, 0.2) is 0 Å². The van der Waals surface area contributed by atoms with Crippen LogP contribution in [0.15, 0.2) is 0 Å². The molecular formula is C14H23NO4. The van der Waals surface area contributed by atoms with Gasteiger partial charge in [0.25, 0.3) is 0 Å². The third-order valence-corrected chi connectivity index (χ3v) is 4.33. The average molecular weight is 269 g/mol. The molecule has 0 aromatic heterocycles. The zero-order chi connectivity index (χ0) is 13.9. The van der Waals surface area contributed by atoms with Crippen LogP contribution in [0.25, 0.3) is 0 Å². The lowest BCUT2D eigenvalue weighted by molar-refractivity contribution is -0.144. The Bertz CT molecular complexity index is 349. The molecule has 19 heavy (non-hydrogen) atoms. The number of carbonyl (C=O) groups is 2. The van der Waals surface area contributed by atoms with E-state index in [9.17, 15) is 9.59 Å². The van der Waals surface area contributed by atoms with Crippen LogP contribution >= 0.6 is 0 Å². The van der Waals surface area contributed by atoms with E-state index >= 15 is 0 Å². The zero-order valence-electron chi connectivity index (χ0n) is 11.5. The van der Waals surface area contributed by atoms with Crippen molar-refractivity contribution in [2.75, 3.05) is 13.2 Å². The van der Waals surface area contributed by atoms with Crippen molar-refractivity contribution < 1.29 is 19.4 Å². The fourth-order valence-corrected chi connectivity index (χ4v) is 3.05. The summed E-state index contributed by atoms with van der Waals surface area (Å²) in [6.45, 7) is 3.30. The third kappa shape index (κ3) is 3.69. The van der Waals surface area contributed by atoms with Gasteiger partial charge >= 0.3 is 5.97 Å². The first-order chi connectivity index (χ1) is 9.00. The van der Waals surface area contributed by atoms with Gasteiger partial charge < -0.3 is 15.2 Å². The highest BCUT2D eigenvalue weighted by atomic mass is 16.5. The van der Waals surface area contributed by atoms with E-state index in [1.165, 1.54) is 0 Å². The van der Waals surface area contributed by atoms with Crippen LogP contribution in [0.1, 0.15) is 45.4 Å². The predicted octanol–water partition coefficient (Wildman–Crippen LogP) is 1.56. The molecule has 1 heterocycles. The highest BCUT2D eigenvalue weighted by molar-refractivity contribution is 5.80. The smallest absolute Gasteiger partial charge is 0.306 e. The predicted molar refractivity (Wildman–Crippen MR) is 69.7 cm³/mol. The van der Waals surface area contributed by atoms with Crippen molar-refractivity contribution in [2.24, 2.45) is 11.8 Å². The van der Waals surface area contributed by atoms with Gasteiger partial charge in [-0.3, -0.25) is 9.59 Å². The van der Waals surface area contributed by atoms with E-state index in [0.29, 0.717) is 19.4 Å². The molecule has 1 saturated heterocycles. The summed E-state index contributed by atoms with van der Waals surface area (Å²) >= 11 is 0. The first-order valence-electron chi connectivity index (χ1n) is 7.15. The van der Waals surface area contributed by atoms with Gasteiger partial charge in [0.1, 0.15) is 0 Å². The molecule has 2 aliphatic rings. The standard InChI is InChI=1S/C14H23NO4/c1-14(6-3-7-19-14)9-15-12(16)10-4-2-5-11(8-10)13(17)18/h10-11H,2-9H2,1H3,(H,15,16)(H,17,18)/t10-,11-,14+/m0/s1. The van der Waals surface area contributed by atoms with Gasteiger partial charge in [0, 0.05) is 19.1 Å². The molecule has 2 N–H and O–H groups in total. The Hall–Kier alpha value is -1.10. The van der Waals surface area contributed by atoms with E-state index in [1.807, 2.05) is 6.92 Å². The molecule has 1 saturated carbocycles. The van der Waals surface area contributed by atoms with E-state index in [0.717, 1.165) is 32.3 Å². The Labute approximate surface area is 113 Å². The molecule has 2 fully saturated rings. The average Bonchev–Trinajstić information content (AvgIpc) is 2.83. The van der Waals surface area contributed by atoms with Crippen molar-refractivity contribution in [3.63, 3.8) is 0 Å². The third-order valence-electron chi connectivity index (χ3n) is 4.33. The molecule has 0 unspecified atom stereocenters. The molecule has 1 aliphatic heterocycles. The number of nitrogens with one attached hydrogen (secondary N) is 1. The molecule has 108 valence electrons. The van der Waals surface area contributed by atoms with Gasteiger partial charge in [-0.15, -0.1) is 0 Å². The van der Waals surface area contributed by atoms with E-state index in [-0.39, 0.29) is 23.3 Å². The summed E-state index contributed by atoms with van der Waals surface area (Å²) in [7, 11) is 0. The maximum Gasteiger partial charge on any atom is 0.306 e. The first-order valence-corrected chi connectivity index (χ1v) is 7.15. The van der Waals surface area contributed by atoms with Crippen LogP contribution in [0.3, 0.4) is 0 Å². The monoisotopic (exact) mass is 269 g/mol. The second-order valence-corrected chi connectivity index (χ2v) is 6.02. The maximum absolute atomic E-state index is 12.1. The Morgan fingerprint density at radius 1 is 1.32 bits per heavy atom. The largest absolute Gasteiger partial charge is 0.481 e. The number of carboxylic acid groups (broad SMARTS) is 1. The van der Waals surface area contributed by atoms with Crippen LogP contribution in [0, 0.1) is 11.8 Å². The summed E-state index contributed by atoms with van der Waals surface area (Å²) in [6, 6.07) is 0. The zero-order valence-corrected chi connectivity index (χ0v) is 11.5. The van der Waals surface area contributed by atoms with Crippen molar-refractivity contribution in [3.8, 4) is 0 Å². The molecule has 0 aromatic carbocycles. The molecule has 0 aromatic rings. The molecule has 1 amide bonds. The summed E-state index contributed by atoms with van der Waals surface area (Å²) in [5.41, 5.74) is -0.240. The molecule has 1 aliphatic carbocycles. The number of carbonyl (C=O) groups excluding carboxylic acids is 1. The Morgan fingerprint density at radius 3 is 2.68 bits per heavy atom. The lowest BCUT2D eigenvalue weighted by Gasteiger charge is -2.28. The first kappa shape index (κ1) is 14.3. The van der Waals surface area contributed by atoms with Crippen LogP contribution in [-0.4, -0.2) is 35.7 Å². The van der Waals surface area contributed by atoms with E-state index in [1.54, 1.807) is 0 Å². The number of hydrogen-bond donors (Lipinski definition) is 2. The quantitative estimate of drug-likeness (QED) is 0.812. The number of amides is 1. The number of aliphatic carboxylic acids is 1. The minimum atomic E-state index is -0.774. The van der Waals surface area contributed by atoms with Crippen molar-refractivity contribution in [1.82, 2.24) is 5.32 Å². The van der Waals surface area contributed by atoms with E-state index < -0.39 is 5.97 Å². The fourth-order valence-electron chi connectivity index (χ4n) is 3.05. The molecule has 5 heteroatoms. The van der Waals surface area contributed by atoms with Crippen molar-refractivity contribution in [3.05, 3.63) is 0 Å². The highest BCUT2D eigenvalue weighted by Crippen LogP contribution is 2.30. The molecule has 3 atom stereocenters. The number of rotatable bonds is 4. The summed E-state index contributed by atoms with van der Waals surface area (Å²) in [6.07, 6.45) is 4.79. The van der Waals surface area contributed by atoms with E-state index in [2.05, 4.69) is 5.32 Å². The minimum absolute atomic E-state index is 0.0114. The van der Waals surface area contributed by atoms with Gasteiger partial charge in [-0.05, 0) is 39.0 Å². The lowest BCUT2D eigenvalue weighted by Crippen LogP contribution is -2.43. The number of carboxylic acids is 1. The van der Waals surface area contributed by atoms with Crippen molar-refractivity contribution in [1.29, 1.82) is 0 Å². The van der Waals surface area contributed by atoms with Crippen molar-refractivity contribution in [2.45, 2.75) is 51.0 Å². The topological polar surface area (TPSA) is 75.6 Å². The molecule has 0 spiro atoms. The van der Waals surface area contributed by atoms with Gasteiger partial charge in [-0.2, -0.15) is 0 Å². The Kier molecular flexibility index (Phi) is 4.45. The van der Waals surface area contributed by atoms with Gasteiger partial charge in [-0.25, -0.2) is 0 Å². The molecule has 5 nitrogen and oxygen atoms in total. The maximum atomic E-state index is 12.1. The summed E-state index contributed by atoms with van der Waals surface area (Å²) in [5.74, 6) is -1.30.